The number of benzene rings is 2. The van der Waals surface area contributed by atoms with E-state index in [1.807, 2.05) is 30.3 Å². The second-order valence-corrected chi connectivity index (χ2v) is 6.38. The van der Waals surface area contributed by atoms with Crippen LogP contribution in [0.25, 0.3) is 0 Å². The first-order valence-corrected chi connectivity index (χ1v) is 8.51. The molecule has 0 aliphatic heterocycles. The van der Waals surface area contributed by atoms with Gasteiger partial charge in [-0.3, -0.25) is 9.59 Å². The molecule has 1 saturated carbocycles. The summed E-state index contributed by atoms with van der Waals surface area (Å²) in [6.07, 6.45) is 2.21. The fourth-order valence-corrected chi connectivity index (χ4v) is 2.56. The zero-order chi connectivity index (χ0) is 18.5. The Balaban J connectivity index is 1.63. The van der Waals surface area contributed by atoms with E-state index < -0.39 is 17.9 Å². The van der Waals surface area contributed by atoms with E-state index in [0.29, 0.717) is 11.1 Å². The summed E-state index contributed by atoms with van der Waals surface area (Å²) in [6.45, 7) is 0. The molecule has 6 heteroatoms. The Hall–Kier alpha value is -3.15. The van der Waals surface area contributed by atoms with Gasteiger partial charge in [0.25, 0.3) is 11.8 Å². The van der Waals surface area contributed by atoms with Crippen molar-refractivity contribution in [2.75, 3.05) is 0 Å². The number of carbonyl (C=O) groups is 3. The molecular formula is C20H20N2O4. The molecule has 0 bridgehead atoms. The van der Waals surface area contributed by atoms with Crippen LogP contribution in [0.2, 0.25) is 0 Å². The highest BCUT2D eigenvalue weighted by Crippen LogP contribution is 2.19. The Morgan fingerprint density at radius 3 is 2.04 bits per heavy atom. The summed E-state index contributed by atoms with van der Waals surface area (Å²) in [5.41, 5.74) is 1.62. The molecule has 3 rings (SSSR count). The van der Waals surface area contributed by atoms with Gasteiger partial charge in [0.15, 0.2) is 0 Å². The normalized spacial score (nSPS) is 14.3. The summed E-state index contributed by atoms with van der Waals surface area (Å²) < 4.78 is 0. The lowest BCUT2D eigenvalue weighted by molar-refractivity contribution is -0.139. The molecule has 3 N–H and O–H groups in total. The standard InChI is InChI=1S/C20H20N2O4/c23-18(21-16-10-11-16)14-6-8-15(9-7-14)19(24)22-17(20(25)26)12-13-4-2-1-3-5-13/h1-9,16-17H,10-12H2,(H,21,23)(H,22,24)(H,25,26)/t17-/m0/s1. The van der Waals surface area contributed by atoms with Gasteiger partial charge in [-0.2, -0.15) is 0 Å². The average Bonchev–Trinajstić information content (AvgIpc) is 3.46. The lowest BCUT2D eigenvalue weighted by Gasteiger charge is -2.15. The van der Waals surface area contributed by atoms with E-state index in [1.165, 1.54) is 12.1 Å². The van der Waals surface area contributed by atoms with Crippen molar-refractivity contribution in [3.05, 3.63) is 71.3 Å². The van der Waals surface area contributed by atoms with Gasteiger partial charge < -0.3 is 15.7 Å². The first-order valence-electron chi connectivity index (χ1n) is 8.51. The summed E-state index contributed by atoms with van der Waals surface area (Å²) in [4.78, 5) is 35.8. The largest absolute Gasteiger partial charge is 0.480 e. The molecule has 6 nitrogen and oxygen atoms in total. The Morgan fingerprint density at radius 1 is 0.923 bits per heavy atom. The van der Waals surface area contributed by atoms with Crippen LogP contribution in [-0.2, 0) is 11.2 Å². The van der Waals surface area contributed by atoms with Crippen molar-refractivity contribution < 1.29 is 19.5 Å². The summed E-state index contributed by atoms with van der Waals surface area (Å²) in [5.74, 6) is -1.74. The van der Waals surface area contributed by atoms with Gasteiger partial charge in [0.1, 0.15) is 6.04 Å². The summed E-state index contributed by atoms with van der Waals surface area (Å²) in [5, 5.41) is 14.8. The third-order valence-corrected chi connectivity index (χ3v) is 4.21. The topological polar surface area (TPSA) is 95.5 Å². The number of hydrogen-bond acceptors (Lipinski definition) is 3. The summed E-state index contributed by atoms with van der Waals surface area (Å²) in [6, 6.07) is 14.5. The minimum Gasteiger partial charge on any atom is -0.480 e. The van der Waals surface area contributed by atoms with Crippen LogP contribution in [0.4, 0.5) is 0 Å². The predicted octanol–water partition coefficient (Wildman–Crippen LogP) is 2.00. The van der Waals surface area contributed by atoms with Gasteiger partial charge in [0.05, 0.1) is 0 Å². The van der Waals surface area contributed by atoms with Crippen LogP contribution in [0.15, 0.2) is 54.6 Å². The van der Waals surface area contributed by atoms with Crippen LogP contribution < -0.4 is 10.6 Å². The number of amides is 2. The molecule has 1 aliphatic rings. The van der Waals surface area contributed by atoms with Gasteiger partial charge in [-0.25, -0.2) is 4.79 Å². The molecule has 1 aliphatic carbocycles. The number of carbonyl (C=O) groups excluding carboxylic acids is 2. The van der Waals surface area contributed by atoms with Crippen molar-refractivity contribution in [1.29, 1.82) is 0 Å². The highest BCUT2D eigenvalue weighted by atomic mass is 16.4. The fraction of sp³-hybridized carbons (Fsp3) is 0.250. The molecule has 2 aromatic carbocycles. The zero-order valence-electron chi connectivity index (χ0n) is 14.1. The van der Waals surface area contributed by atoms with Crippen LogP contribution in [0.1, 0.15) is 39.1 Å². The van der Waals surface area contributed by atoms with Crippen LogP contribution in [0.3, 0.4) is 0 Å². The minimum absolute atomic E-state index is 0.160. The van der Waals surface area contributed by atoms with Gasteiger partial charge >= 0.3 is 5.97 Å². The lowest BCUT2D eigenvalue weighted by atomic mass is 10.1. The number of carboxylic acids is 1. The third kappa shape index (κ3) is 4.69. The first-order chi connectivity index (χ1) is 12.5. The lowest BCUT2D eigenvalue weighted by Crippen LogP contribution is -2.42. The molecule has 26 heavy (non-hydrogen) atoms. The molecule has 2 aromatic rings. The molecule has 0 unspecified atom stereocenters. The van der Waals surface area contributed by atoms with Gasteiger partial charge in [-0.05, 0) is 42.7 Å². The molecule has 0 saturated heterocycles. The van der Waals surface area contributed by atoms with Crippen molar-refractivity contribution in [2.45, 2.75) is 31.3 Å². The van der Waals surface area contributed by atoms with E-state index >= 15 is 0 Å². The number of hydrogen-bond donors (Lipinski definition) is 3. The van der Waals surface area contributed by atoms with Crippen LogP contribution in [0.5, 0.6) is 0 Å². The number of nitrogens with one attached hydrogen (secondary N) is 2. The SMILES string of the molecule is O=C(NC1CC1)c1ccc(C(=O)N[C@@H](Cc2ccccc2)C(=O)O)cc1. The average molecular weight is 352 g/mol. The maximum Gasteiger partial charge on any atom is 0.326 e. The highest BCUT2D eigenvalue weighted by Gasteiger charge is 2.24. The number of rotatable bonds is 7. The van der Waals surface area contributed by atoms with E-state index in [9.17, 15) is 19.5 Å². The molecule has 134 valence electrons. The Morgan fingerprint density at radius 2 is 1.50 bits per heavy atom. The maximum atomic E-state index is 12.3. The van der Waals surface area contributed by atoms with E-state index in [2.05, 4.69) is 10.6 Å². The van der Waals surface area contributed by atoms with Crippen LogP contribution in [0, 0.1) is 0 Å². The molecule has 0 spiro atoms. The van der Waals surface area contributed by atoms with Crippen molar-refractivity contribution in [2.24, 2.45) is 0 Å². The van der Waals surface area contributed by atoms with Gasteiger partial charge in [-0.15, -0.1) is 0 Å². The Kier molecular flexibility index (Phi) is 5.31. The maximum absolute atomic E-state index is 12.3. The Bertz CT molecular complexity index is 798. The third-order valence-electron chi connectivity index (χ3n) is 4.21. The summed E-state index contributed by atoms with van der Waals surface area (Å²) >= 11 is 0. The molecule has 2 amide bonds. The van der Waals surface area contributed by atoms with Crippen molar-refractivity contribution in [3.63, 3.8) is 0 Å². The van der Waals surface area contributed by atoms with Crippen molar-refractivity contribution in [1.82, 2.24) is 10.6 Å². The zero-order valence-corrected chi connectivity index (χ0v) is 14.1. The monoisotopic (exact) mass is 352 g/mol. The second-order valence-electron chi connectivity index (χ2n) is 6.38. The van der Waals surface area contributed by atoms with Crippen LogP contribution >= 0.6 is 0 Å². The van der Waals surface area contributed by atoms with E-state index in [4.69, 9.17) is 0 Å². The minimum atomic E-state index is -1.09. The molecule has 0 radical (unpaired) electrons. The molecule has 1 fully saturated rings. The predicted molar refractivity (Wildman–Crippen MR) is 96.0 cm³/mol. The van der Waals surface area contributed by atoms with Gasteiger partial charge in [0, 0.05) is 23.6 Å². The van der Waals surface area contributed by atoms with E-state index in [0.717, 1.165) is 18.4 Å². The first kappa shape index (κ1) is 17.7. The number of carboxylic acid groups (broad SMARTS) is 1. The fourth-order valence-electron chi connectivity index (χ4n) is 2.56. The highest BCUT2D eigenvalue weighted by molar-refractivity contribution is 5.99. The smallest absolute Gasteiger partial charge is 0.326 e. The summed E-state index contributed by atoms with van der Waals surface area (Å²) in [7, 11) is 0. The quantitative estimate of drug-likeness (QED) is 0.710. The van der Waals surface area contributed by atoms with E-state index in [1.54, 1.807) is 12.1 Å². The molecule has 0 aromatic heterocycles. The van der Waals surface area contributed by atoms with Crippen molar-refractivity contribution in [3.8, 4) is 0 Å². The van der Waals surface area contributed by atoms with Crippen LogP contribution in [-0.4, -0.2) is 35.0 Å². The molecule has 1 atom stereocenters. The number of aliphatic carboxylic acids is 1. The Labute approximate surface area is 151 Å². The molecular weight excluding hydrogens is 332 g/mol. The second kappa shape index (κ2) is 7.82. The van der Waals surface area contributed by atoms with Gasteiger partial charge in [-0.1, -0.05) is 30.3 Å². The van der Waals surface area contributed by atoms with Gasteiger partial charge in [0.2, 0.25) is 0 Å². The molecule has 0 heterocycles. The van der Waals surface area contributed by atoms with E-state index in [-0.39, 0.29) is 18.4 Å². The van der Waals surface area contributed by atoms with Crippen molar-refractivity contribution >= 4 is 17.8 Å².